The molecule has 8 nitrogen and oxygen atoms in total. The van der Waals surface area contributed by atoms with Gasteiger partial charge < -0.3 is 34.6 Å². The van der Waals surface area contributed by atoms with Crippen molar-refractivity contribution in [3.8, 4) is 0 Å². The maximum Gasteiger partial charge on any atom is 0.334 e. The van der Waals surface area contributed by atoms with Gasteiger partial charge in [-0.05, 0) is 39.0 Å². The van der Waals surface area contributed by atoms with Crippen molar-refractivity contribution in [2.45, 2.75) is 81.9 Å². The molecule has 0 spiro atoms. The molecule has 2 aliphatic heterocycles. The summed E-state index contributed by atoms with van der Waals surface area (Å²) in [7, 11) is 0. The molecule has 1 aliphatic carbocycles. The Labute approximate surface area is 152 Å². The number of hydrogen-bond donors (Lipinski definition) is 4. The molecule has 0 radical (unpaired) electrons. The number of allylic oxidation sites excluding steroid dienone is 1. The van der Waals surface area contributed by atoms with Gasteiger partial charge in [0.05, 0.1) is 12.7 Å². The molecule has 8 heteroatoms. The van der Waals surface area contributed by atoms with E-state index in [4.69, 9.17) is 14.2 Å². The predicted molar refractivity (Wildman–Crippen MR) is 88.9 cm³/mol. The third-order valence-corrected chi connectivity index (χ3v) is 5.50. The summed E-state index contributed by atoms with van der Waals surface area (Å²) in [6, 6.07) is 0. The number of cyclic esters (lactones) is 1. The topological polar surface area (TPSA) is 126 Å². The zero-order valence-corrected chi connectivity index (χ0v) is 14.9. The lowest BCUT2D eigenvalue weighted by Gasteiger charge is -2.40. The highest BCUT2D eigenvalue weighted by atomic mass is 16.7. The van der Waals surface area contributed by atoms with Gasteiger partial charge in [-0.2, -0.15) is 0 Å². The maximum absolute atomic E-state index is 11.9. The molecule has 4 N–H and O–H groups in total. The Morgan fingerprint density at radius 3 is 2.73 bits per heavy atom. The van der Waals surface area contributed by atoms with Crippen LogP contribution in [0.4, 0.5) is 0 Å². The van der Waals surface area contributed by atoms with Crippen molar-refractivity contribution in [3.05, 3.63) is 11.6 Å². The molecular weight excluding hydrogens is 344 g/mol. The molecule has 3 aliphatic rings. The molecule has 0 aromatic heterocycles. The lowest BCUT2D eigenvalue weighted by atomic mass is 9.84. The van der Waals surface area contributed by atoms with E-state index in [0.717, 1.165) is 24.8 Å². The van der Waals surface area contributed by atoms with Crippen LogP contribution in [0.2, 0.25) is 0 Å². The van der Waals surface area contributed by atoms with Gasteiger partial charge >= 0.3 is 5.97 Å². The molecule has 0 unspecified atom stereocenters. The van der Waals surface area contributed by atoms with Gasteiger partial charge in [0.25, 0.3) is 0 Å². The smallest absolute Gasteiger partial charge is 0.334 e. The summed E-state index contributed by atoms with van der Waals surface area (Å²) in [5, 5.41) is 38.8. The van der Waals surface area contributed by atoms with Crippen LogP contribution >= 0.6 is 0 Å². The lowest BCUT2D eigenvalue weighted by Crippen LogP contribution is -2.59. The third kappa shape index (κ3) is 3.95. The molecule has 0 aromatic carbocycles. The standard InChI is InChI=1S/C18H28O8/c1-9(24-18-16(22)15(21)14(20)13(8-19)26-18)6-7-12-10-4-2-3-5-11(10)17(23)25-12/h5,9-10,12-16,18-22H,2-4,6-8H2,1H3/t9-,10-,12+,13+,14+,15-,16+,18+/m0/s1. The molecule has 0 bridgehead atoms. The van der Waals surface area contributed by atoms with Gasteiger partial charge in [-0.15, -0.1) is 0 Å². The zero-order chi connectivity index (χ0) is 18.8. The molecule has 148 valence electrons. The molecular formula is C18H28O8. The largest absolute Gasteiger partial charge is 0.458 e. The zero-order valence-electron chi connectivity index (χ0n) is 14.9. The van der Waals surface area contributed by atoms with Gasteiger partial charge in [0.1, 0.15) is 30.5 Å². The van der Waals surface area contributed by atoms with E-state index in [1.54, 1.807) is 6.92 Å². The normalized spacial score (nSPS) is 41.3. The van der Waals surface area contributed by atoms with E-state index in [1.165, 1.54) is 0 Å². The van der Waals surface area contributed by atoms with Crippen LogP contribution < -0.4 is 0 Å². The molecule has 2 saturated heterocycles. The molecule has 0 aromatic rings. The van der Waals surface area contributed by atoms with E-state index >= 15 is 0 Å². The Balaban J connectivity index is 1.51. The minimum Gasteiger partial charge on any atom is -0.458 e. The van der Waals surface area contributed by atoms with E-state index in [2.05, 4.69) is 0 Å². The van der Waals surface area contributed by atoms with Crippen LogP contribution in [-0.4, -0.2) is 75.9 Å². The van der Waals surface area contributed by atoms with Crippen molar-refractivity contribution < 1.29 is 39.4 Å². The van der Waals surface area contributed by atoms with Crippen LogP contribution in [-0.2, 0) is 19.0 Å². The van der Waals surface area contributed by atoms with Crippen molar-refractivity contribution in [1.82, 2.24) is 0 Å². The maximum atomic E-state index is 11.9. The van der Waals surface area contributed by atoms with E-state index in [-0.39, 0.29) is 24.1 Å². The summed E-state index contributed by atoms with van der Waals surface area (Å²) >= 11 is 0. The number of esters is 1. The fraction of sp³-hybridized carbons (Fsp3) is 0.833. The Morgan fingerprint density at radius 2 is 2.00 bits per heavy atom. The van der Waals surface area contributed by atoms with E-state index in [0.29, 0.717) is 12.8 Å². The molecule has 2 heterocycles. The average Bonchev–Trinajstić information content (AvgIpc) is 2.97. The van der Waals surface area contributed by atoms with Gasteiger partial charge in [0.2, 0.25) is 0 Å². The number of ether oxygens (including phenoxy) is 3. The van der Waals surface area contributed by atoms with Crippen LogP contribution in [0.25, 0.3) is 0 Å². The summed E-state index contributed by atoms with van der Waals surface area (Å²) in [5.41, 5.74) is 0.795. The fourth-order valence-corrected chi connectivity index (χ4v) is 3.95. The number of aliphatic hydroxyl groups excluding tert-OH is 4. The second-order valence-corrected chi connectivity index (χ2v) is 7.36. The number of hydrogen-bond acceptors (Lipinski definition) is 8. The molecule has 8 atom stereocenters. The molecule has 0 saturated carbocycles. The number of carbonyl (C=O) groups excluding carboxylic acids is 1. The molecule has 2 fully saturated rings. The van der Waals surface area contributed by atoms with Gasteiger partial charge in [0.15, 0.2) is 6.29 Å². The fourth-order valence-electron chi connectivity index (χ4n) is 3.95. The van der Waals surface area contributed by atoms with Crippen molar-refractivity contribution in [3.63, 3.8) is 0 Å². The van der Waals surface area contributed by atoms with Crippen LogP contribution in [0, 0.1) is 5.92 Å². The van der Waals surface area contributed by atoms with E-state index in [9.17, 15) is 25.2 Å². The predicted octanol–water partition coefficient (Wildman–Crippen LogP) is -0.377. The monoisotopic (exact) mass is 372 g/mol. The number of rotatable bonds is 6. The molecule has 26 heavy (non-hydrogen) atoms. The van der Waals surface area contributed by atoms with Crippen LogP contribution in [0.3, 0.4) is 0 Å². The summed E-state index contributed by atoms with van der Waals surface area (Å²) in [6.07, 6.45) is -0.772. The summed E-state index contributed by atoms with van der Waals surface area (Å²) < 4.78 is 16.5. The Bertz CT molecular complexity index is 533. The van der Waals surface area contributed by atoms with Crippen molar-refractivity contribution in [2.75, 3.05) is 6.61 Å². The summed E-state index contributed by atoms with van der Waals surface area (Å²) in [4.78, 5) is 11.9. The van der Waals surface area contributed by atoms with E-state index < -0.39 is 37.3 Å². The molecule has 3 rings (SSSR count). The van der Waals surface area contributed by atoms with Gasteiger partial charge in [-0.3, -0.25) is 0 Å². The number of fused-ring (bicyclic) bond motifs is 1. The van der Waals surface area contributed by atoms with Gasteiger partial charge in [-0.25, -0.2) is 4.79 Å². The second kappa shape index (κ2) is 8.33. The Morgan fingerprint density at radius 1 is 1.23 bits per heavy atom. The minimum absolute atomic E-state index is 0.149. The Hall–Kier alpha value is -1.03. The first-order chi connectivity index (χ1) is 12.4. The second-order valence-electron chi connectivity index (χ2n) is 7.36. The Kier molecular flexibility index (Phi) is 6.32. The van der Waals surface area contributed by atoms with E-state index in [1.807, 2.05) is 6.08 Å². The van der Waals surface area contributed by atoms with Gasteiger partial charge in [-0.1, -0.05) is 6.08 Å². The first-order valence-electron chi connectivity index (χ1n) is 9.29. The number of carbonyl (C=O) groups is 1. The summed E-state index contributed by atoms with van der Waals surface area (Å²) in [6.45, 7) is 1.31. The van der Waals surface area contributed by atoms with Crippen LogP contribution in [0.15, 0.2) is 11.6 Å². The quantitative estimate of drug-likeness (QED) is 0.465. The summed E-state index contributed by atoms with van der Waals surface area (Å²) in [5.74, 6) is -0.0714. The molecule has 0 amide bonds. The minimum atomic E-state index is -1.45. The van der Waals surface area contributed by atoms with Crippen LogP contribution in [0.1, 0.15) is 39.0 Å². The van der Waals surface area contributed by atoms with Crippen molar-refractivity contribution in [1.29, 1.82) is 0 Å². The highest BCUT2D eigenvalue weighted by Gasteiger charge is 2.45. The third-order valence-electron chi connectivity index (χ3n) is 5.50. The highest BCUT2D eigenvalue weighted by molar-refractivity contribution is 5.91. The van der Waals surface area contributed by atoms with Crippen molar-refractivity contribution >= 4 is 5.97 Å². The van der Waals surface area contributed by atoms with Crippen molar-refractivity contribution in [2.24, 2.45) is 5.92 Å². The van der Waals surface area contributed by atoms with Crippen LogP contribution in [0.5, 0.6) is 0 Å². The van der Waals surface area contributed by atoms with Gasteiger partial charge in [0, 0.05) is 11.5 Å². The number of aliphatic hydroxyl groups is 4. The first-order valence-corrected chi connectivity index (χ1v) is 9.29. The average molecular weight is 372 g/mol. The first kappa shape index (κ1) is 19.7. The lowest BCUT2D eigenvalue weighted by molar-refractivity contribution is -0.310. The SMILES string of the molecule is C[C@@H](CC[C@H]1OC(=O)C2=CCCC[C@@H]21)O[C@@H]1O[C@H](CO)[C@@H](O)[C@H](O)[C@H]1O. The highest BCUT2D eigenvalue weighted by Crippen LogP contribution is 2.38.